The van der Waals surface area contributed by atoms with Crippen LogP contribution in [0.25, 0.3) is 22.6 Å². The largest absolute Gasteiger partial charge is 0.325 e. The van der Waals surface area contributed by atoms with Gasteiger partial charge in [0.05, 0.1) is 21.5 Å². The van der Waals surface area contributed by atoms with Crippen LogP contribution in [-0.4, -0.2) is 25.4 Å². The average Bonchev–Trinajstić information content (AvgIpc) is 3.30. The van der Waals surface area contributed by atoms with Crippen molar-refractivity contribution in [2.75, 3.05) is 5.32 Å². The van der Waals surface area contributed by atoms with Crippen LogP contribution in [0.2, 0.25) is 0 Å². The lowest BCUT2D eigenvalue weighted by Crippen LogP contribution is -2.19. The predicted molar refractivity (Wildman–Crippen MR) is 103 cm³/mol. The summed E-state index contributed by atoms with van der Waals surface area (Å²) >= 11 is 1.46. The van der Waals surface area contributed by atoms with Crippen molar-refractivity contribution in [3.8, 4) is 11.5 Å². The number of anilines is 1. The quantitative estimate of drug-likeness (QED) is 0.421. The topological polar surface area (TPSA) is 103 Å². The maximum atomic E-state index is 12.6. The van der Waals surface area contributed by atoms with Crippen molar-refractivity contribution in [2.45, 2.75) is 6.54 Å². The minimum Gasteiger partial charge on any atom is -0.325 e. The van der Waals surface area contributed by atoms with E-state index in [4.69, 9.17) is 0 Å². The molecule has 0 fully saturated rings. The van der Waals surface area contributed by atoms with Gasteiger partial charge in [-0.1, -0.05) is 12.1 Å². The standard InChI is InChI=1S/C18H13N5O3S/c24-17(20-12-5-7-13(8-6-12)23(25)26)9-22-16-4-2-1-3-14(16)21-18(22)15-10-27-11-19-15/h1-8,10-11H,9H2,(H,20,24). The molecular formula is C18H13N5O3S. The minimum atomic E-state index is -0.483. The van der Waals surface area contributed by atoms with E-state index in [2.05, 4.69) is 15.3 Å². The van der Waals surface area contributed by atoms with Crippen molar-refractivity contribution in [1.82, 2.24) is 14.5 Å². The summed E-state index contributed by atoms with van der Waals surface area (Å²) in [5.41, 5.74) is 4.50. The molecule has 27 heavy (non-hydrogen) atoms. The molecular weight excluding hydrogens is 366 g/mol. The fourth-order valence-corrected chi connectivity index (χ4v) is 3.30. The highest BCUT2D eigenvalue weighted by Gasteiger charge is 2.16. The van der Waals surface area contributed by atoms with E-state index in [0.717, 1.165) is 11.0 Å². The summed E-state index contributed by atoms with van der Waals surface area (Å²) in [6.07, 6.45) is 0. The zero-order chi connectivity index (χ0) is 18.8. The number of non-ortho nitro benzene ring substituents is 1. The molecule has 1 N–H and O–H groups in total. The van der Waals surface area contributed by atoms with Crippen molar-refractivity contribution >= 4 is 39.7 Å². The van der Waals surface area contributed by atoms with Gasteiger partial charge in [0.2, 0.25) is 5.91 Å². The van der Waals surface area contributed by atoms with Gasteiger partial charge in [-0.15, -0.1) is 11.3 Å². The second-order valence-corrected chi connectivity index (χ2v) is 6.45. The Hall–Kier alpha value is -3.59. The molecule has 4 rings (SSSR count). The van der Waals surface area contributed by atoms with Crippen LogP contribution >= 0.6 is 11.3 Å². The molecule has 9 heteroatoms. The Morgan fingerprint density at radius 2 is 1.96 bits per heavy atom. The molecule has 2 heterocycles. The number of para-hydroxylation sites is 2. The first-order valence-electron chi connectivity index (χ1n) is 8.00. The van der Waals surface area contributed by atoms with Crippen molar-refractivity contribution in [3.05, 3.63) is 69.5 Å². The second kappa shape index (κ2) is 6.96. The Kier molecular flexibility index (Phi) is 4.35. The van der Waals surface area contributed by atoms with Gasteiger partial charge in [0.25, 0.3) is 5.69 Å². The molecule has 2 aromatic heterocycles. The van der Waals surface area contributed by atoms with Gasteiger partial charge in [0.1, 0.15) is 12.2 Å². The Morgan fingerprint density at radius 3 is 2.67 bits per heavy atom. The molecule has 4 aromatic rings. The SMILES string of the molecule is O=C(Cn1c(-c2cscn2)nc2ccccc21)Nc1ccc([N+](=O)[O-])cc1. The number of hydrogen-bond donors (Lipinski definition) is 1. The fourth-order valence-electron chi connectivity index (χ4n) is 2.76. The molecule has 134 valence electrons. The van der Waals surface area contributed by atoms with E-state index >= 15 is 0 Å². The molecule has 0 aliphatic carbocycles. The molecule has 0 bridgehead atoms. The van der Waals surface area contributed by atoms with Gasteiger partial charge >= 0.3 is 0 Å². The van der Waals surface area contributed by atoms with Gasteiger partial charge in [-0.05, 0) is 24.3 Å². The van der Waals surface area contributed by atoms with Crippen LogP contribution in [-0.2, 0) is 11.3 Å². The van der Waals surface area contributed by atoms with E-state index in [1.165, 1.54) is 35.6 Å². The van der Waals surface area contributed by atoms with E-state index in [1.54, 1.807) is 5.51 Å². The third-order valence-electron chi connectivity index (χ3n) is 3.98. The lowest BCUT2D eigenvalue weighted by Gasteiger charge is -2.09. The summed E-state index contributed by atoms with van der Waals surface area (Å²) in [7, 11) is 0. The number of nitro benzene ring substituents is 1. The highest BCUT2D eigenvalue weighted by atomic mass is 32.1. The number of carbonyl (C=O) groups excluding carboxylic acids is 1. The first kappa shape index (κ1) is 16.9. The van der Waals surface area contributed by atoms with Gasteiger partial charge in [-0.3, -0.25) is 14.9 Å². The first-order valence-corrected chi connectivity index (χ1v) is 8.94. The molecule has 0 aliphatic rings. The van der Waals surface area contributed by atoms with Crippen LogP contribution in [0, 0.1) is 10.1 Å². The van der Waals surface area contributed by atoms with E-state index in [1.807, 2.05) is 34.2 Å². The summed E-state index contributed by atoms with van der Waals surface area (Å²) in [6.45, 7) is 0.0460. The zero-order valence-corrected chi connectivity index (χ0v) is 14.7. The van der Waals surface area contributed by atoms with E-state index < -0.39 is 4.92 Å². The summed E-state index contributed by atoms with van der Waals surface area (Å²) in [4.78, 5) is 31.7. The Bertz CT molecular complexity index is 1120. The number of nitro groups is 1. The number of aromatic nitrogens is 3. The number of nitrogens with zero attached hydrogens (tertiary/aromatic N) is 4. The zero-order valence-electron chi connectivity index (χ0n) is 13.9. The van der Waals surface area contributed by atoms with Gasteiger partial charge in [-0.2, -0.15) is 0 Å². The molecule has 1 amide bonds. The van der Waals surface area contributed by atoms with Crippen LogP contribution in [0.1, 0.15) is 0 Å². The normalized spacial score (nSPS) is 10.8. The highest BCUT2D eigenvalue weighted by Crippen LogP contribution is 2.25. The summed E-state index contributed by atoms with van der Waals surface area (Å²) < 4.78 is 1.81. The maximum Gasteiger partial charge on any atom is 0.269 e. The second-order valence-electron chi connectivity index (χ2n) is 5.74. The number of thiazole rings is 1. The Balaban J connectivity index is 1.61. The minimum absolute atomic E-state index is 0.0283. The predicted octanol–water partition coefficient (Wildman–Crippen LogP) is 3.71. The summed E-state index contributed by atoms with van der Waals surface area (Å²) in [5, 5.41) is 15.4. The smallest absolute Gasteiger partial charge is 0.269 e. The number of hydrogen-bond acceptors (Lipinski definition) is 6. The number of fused-ring (bicyclic) bond motifs is 1. The summed E-state index contributed by atoms with van der Waals surface area (Å²) in [6, 6.07) is 13.3. The van der Waals surface area contributed by atoms with Crippen LogP contribution in [0.3, 0.4) is 0 Å². The molecule has 0 aliphatic heterocycles. The molecule has 8 nitrogen and oxygen atoms in total. The lowest BCUT2D eigenvalue weighted by molar-refractivity contribution is -0.384. The number of benzene rings is 2. The van der Waals surface area contributed by atoms with Crippen molar-refractivity contribution in [1.29, 1.82) is 0 Å². The molecule has 2 aromatic carbocycles. The number of rotatable bonds is 5. The van der Waals surface area contributed by atoms with E-state index in [0.29, 0.717) is 17.2 Å². The van der Waals surface area contributed by atoms with Crippen molar-refractivity contribution in [3.63, 3.8) is 0 Å². The first-order chi connectivity index (χ1) is 13.1. The molecule has 0 saturated heterocycles. The van der Waals surface area contributed by atoms with E-state index in [9.17, 15) is 14.9 Å². The molecule has 0 spiro atoms. The number of imidazole rings is 1. The fraction of sp³-hybridized carbons (Fsp3) is 0.0556. The third-order valence-corrected chi connectivity index (χ3v) is 4.57. The van der Waals surface area contributed by atoms with Gasteiger partial charge in [-0.25, -0.2) is 9.97 Å². The Labute approximate surface area is 157 Å². The molecule has 0 atom stereocenters. The monoisotopic (exact) mass is 379 g/mol. The maximum absolute atomic E-state index is 12.6. The number of nitrogens with one attached hydrogen (secondary N) is 1. The van der Waals surface area contributed by atoms with Crippen LogP contribution in [0.5, 0.6) is 0 Å². The summed E-state index contributed by atoms with van der Waals surface area (Å²) in [5.74, 6) is 0.361. The van der Waals surface area contributed by atoms with Gasteiger partial charge in [0.15, 0.2) is 5.82 Å². The molecule has 0 saturated carbocycles. The molecule has 0 radical (unpaired) electrons. The molecule has 0 unspecified atom stereocenters. The van der Waals surface area contributed by atoms with Crippen molar-refractivity contribution in [2.24, 2.45) is 0 Å². The number of amides is 1. The number of carbonyl (C=O) groups is 1. The van der Waals surface area contributed by atoms with E-state index in [-0.39, 0.29) is 18.1 Å². The van der Waals surface area contributed by atoms with Crippen LogP contribution in [0.15, 0.2) is 59.4 Å². The Morgan fingerprint density at radius 1 is 1.19 bits per heavy atom. The lowest BCUT2D eigenvalue weighted by atomic mass is 10.3. The van der Waals surface area contributed by atoms with Crippen molar-refractivity contribution < 1.29 is 9.72 Å². The van der Waals surface area contributed by atoms with Gasteiger partial charge < -0.3 is 9.88 Å². The average molecular weight is 379 g/mol. The third kappa shape index (κ3) is 3.40. The van der Waals surface area contributed by atoms with Crippen LogP contribution < -0.4 is 5.32 Å². The van der Waals surface area contributed by atoms with Crippen LogP contribution in [0.4, 0.5) is 11.4 Å². The van der Waals surface area contributed by atoms with Gasteiger partial charge in [0, 0.05) is 23.2 Å². The highest BCUT2D eigenvalue weighted by molar-refractivity contribution is 7.07.